The van der Waals surface area contributed by atoms with Crippen molar-refractivity contribution in [1.29, 1.82) is 0 Å². The van der Waals surface area contributed by atoms with Gasteiger partial charge in [0.25, 0.3) is 0 Å². The zero-order valence-corrected chi connectivity index (χ0v) is 16.1. The lowest BCUT2D eigenvalue weighted by atomic mass is 9.90. The van der Waals surface area contributed by atoms with Gasteiger partial charge < -0.3 is 14.5 Å². The third kappa shape index (κ3) is 4.02. The summed E-state index contributed by atoms with van der Waals surface area (Å²) in [5, 5.41) is 4.22. The summed E-state index contributed by atoms with van der Waals surface area (Å²) < 4.78 is 7.57. The molecule has 2 aliphatic rings. The fourth-order valence-electron chi connectivity index (χ4n) is 3.94. The topological polar surface area (TPSA) is 67.7 Å². The summed E-state index contributed by atoms with van der Waals surface area (Å²) in [6.45, 7) is 8.76. The second-order valence-electron chi connectivity index (χ2n) is 7.73. The Bertz CT molecular complexity index is 649. The van der Waals surface area contributed by atoms with E-state index in [-0.39, 0.29) is 18.0 Å². The van der Waals surface area contributed by atoms with Gasteiger partial charge in [0.2, 0.25) is 5.91 Å². The van der Waals surface area contributed by atoms with Crippen molar-refractivity contribution >= 4 is 12.0 Å². The summed E-state index contributed by atoms with van der Waals surface area (Å²) in [6, 6.07) is 0.212. The standard InChI is InChI=1S/C19H30N4O3/c1-4-5-16(3)23-14-19(26-18(23)25)7-10-21(11-8-19)17(24)6-9-22-13-15(2)12-20-22/h12-13,16H,4-11,14H2,1-3H3/t16-/m1/s1. The number of rotatable bonds is 6. The number of aryl methyl sites for hydroxylation is 2. The van der Waals surface area contributed by atoms with Crippen LogP contribution in [0.4, 0.5) is 4.79 Å². The van der Waals surface area contributed by atoms with Crippen LogP contribution in [0.1, 0.15) is 51.5 Å². The van der Waals surface area contributed by atoms with Crippen LogP contribution in [0, 0.1) is 6.92 Å². The predicted octanol–water partition coefficient (Wildman–Crippen LogP) is 2.58. The Labute approximate surface area is 155 Å². The Hall–Kier alpha value is -2.05. The largest absolute Gasteiger partial charge is 0.441 e. The molecule has 2 saturated heterocycles. The van der Waals surface area contributed by atoms with Gasteiger partial charge in [-0.15, -0.1) is 0 Å². The summed E-state index contributed by atoms with van der Waals surface area (Å²) in [5.41, 5.74) is 0.692. The molecule has 0 N–H and O–H groups in total. The van der Waals surface area contributed by atoms with E-state index in [1.807, 2.05) is 27.6 Å². The van der Waals surface area contributed by atoms with Crippen molar-refractivity contribution in [3.8, 4) is 0 Å². The predicted molar refractivity (Wildman–Crippen MR) is 97.7 cm³/mol. The lowest BCUT2D eigenvalue weighted by Crippen LogP contribution is -2.49. The molecule has 1 spiro atoms. The van der Waals surface area contributed by atoms with Gasteiger partial charge in [-0.2, -0.15) is 5.10 Å². The molecule has 0 unspecified atom stereocenters. The number of amides is 2. The number of piperidine rings is 1. The van der Waals surface area contributed by atoms with E-state index in [0.29, 0.717) is 32.6 Å². The van der Waals surface area contributed by atoms with Gasteiger partial charge in [0.15, 0.2) is 0 Å². The lowest BCUT2D eigenvalue weighted by Gasteiger charge is -2.37. The van der Waals surface area contributed by atoms with E-state index in [2.05, 4.69) is 18.9 Å². The fraction of sp³-hybridized carbons (Fsp3) is 0.737. The molecule has 1 atom stereocenters. The fourth-order valence-corrected chi connectivity index (χ4v) is 3.94. The minimum absolute atomic E-state index is 0.147. The van der Waals surface area contributed by atoms with Gasteiger partial charge in [0.05, 0.1) is 12.7 Å². The second kappa shape index (κ2) is 7.68. The molecule has 2 fully saturated rings. The molecule has 2 amide bonds. The quantitative estimate of drug-likeness (QED) is 0.780. The van der Waals surface area contributed by atoms with Gasteiger partial charge in [0.1, 0.15) is 5.60 Å². The van der Waals surface area contributed by atoms with E-state index in [1.54, 1.807) is 6.20 Å². The van der Waals surface area contributed by atoms with E-state index in [0.717, 1.165) is 31.2 Å². The molecular formula is C19H30N4O3. The highest BCUT2D eigenvalue weighted by Gasteiger charge is 2.48. The Morgan fingerprint density at radius 3 is 2.73 bits per heavy atom. The first kappa shape index (κ1) is 18.7. The molecule has 3 rings (SSSR count). The maximum atomic E-state index is 12.5. The van der Waals surface area contributed by atoms with Crippen LogP contribution in [0.15, 0.2) is 12.4 Å². The number of hydrogen-bond acceptors (Lipinski definition) is 4. The number of ether oxygens (including phenoxy) is 1. The smallest absolute Gasteiger partial charge is 0.410 e. The number of carbonyl (C=O) groups is 2. The van der Waals surface area contributed by atoms with E-state index >= 15 is 0 Å². The highest BCUT2D eigenvalue weighted by Crippen LogP contribution is 2.34. The van der Waals surface area contributed by atoms with Gasteiger partial charge in [-0.25, -0.2) is 4.79 Å². The van der Waals surface area contributed by atoms with Crippen LogP contribution >= 0.6 is 0 Å². The third-order valence-electron chi connectivity index (χ3n) is 5.58. The van der Waals surface area contributed by atoms with E-state index in [9.17, 15) is 9.59 Å². The molecule has 26 heavy (non-hydrogen) atoms. The molecule has 0 saturated carbocycles. The average Bonchev–Trinajstić information content (AvgIpc) is 3.17. The van der Waals surface area contributed by atoms with Crippen molar-refractivity contribution in [2.45, 2.75) is 71.1 Å². The molecule has 7 heteroatoms. The van der Waals surface area contributed by atoms with Crippen LogP contribution in [0.5, 0.6) is 0 Å². The number of carbonyl (C=O) groups excluding carboxylic acids is 2. The minimum Gasteiger partial charge on any atom is -0.441 e. The summed E-state index contributed by atoms with van der Waals surface area (Å²) in [6.07, 6.45) is 7.49. The summed E-state index contributed by atoms with van der Waals surface area (Å²) >= 11 is 0. The Balaban J connectivity index is 1.49. The molecular weight excluding hydrogens is 332 g/mol. The zero-order chi connectivity index (χ0) is 18.7. The van der Waals surface area contributed by atoms with Crippen molar-refractivity contribution in [2.24, 2.45) is 0 Å². The molecule has 7 nitrogen and oxygen atoms in total. The number of aromatic nitrogens is 2. The zero-order valence-electron chi connectivity index (χ0n) is 16.1. The van der Waals surface area contributed by atoms with Crippen molar-refractivity contribution < 1.29 is 14.3 Å². The van der Waals surface area contributed by atoms with Gasteiger partial charge in [0, 0.05) is 51.1 Å². The van der Waals surface area contributed by atoms with Gasteiger partial charge in [-0.1, -0.05) is 13.3 Å². The molecule has 1 aromatic heterocycles. The SMILES string of the molecule is CCC[C@@H](C)N1CC2(CCN(C(=O)CCn3cc(C)cn3)CC2)OC1=O. The summed E-state index contributed by atoms with van der Waals surface area (Å²) in [4.78, 5) is 28.5. The lowest BCUT2D eigenvalue weighted by molar-refractivity contribution is -0.134. The van der Waals surface area contributed by atoms with Crippen LogP contribution in [-0.2, 0) is 16.1 Å². The summed E-state index contributed by atoms with van der Waals surface area (Å²) in [7, 11) is 0. The Kier molecular flexibility index (Phi) is 5.53. The van der Waals surface area contributed by atoms with Gasteiger partial charge in [-0.3, -0.25) is 9.48 Å². The van der Waals surface area contributed by atoms with Crippen LogP contribution in [0.2, 0.25) is 0 Å². The molecule has 0 aliphatic carbocycles. The monoisotopic (exact) mass is 362 g/mol. The van der Waals surface area contributed by atoms with Crippen LogP contribution in [0.3, 0.4) is 0 Å². The van der Waals surface area contributed by atoms with Crippen molar-refractivity contribution in [3.63, 3.8) is 0 Å². The van der Waals surface area contributed by atoms with Crippen molar-refractivity contribution in [3.05, 3.63) is 18.0 Å². The maximum Gasteiger partial charge on any atom is 0.410 e. The molecule has 0 bridgehead atoms. The molecule has 3 heterocycles. The molecule has 2 aliphatic heterocycles. The molecule has 0 radical (unpaired) electrons. The normalized spacial score (nSPS) is 20.5. The van der Waals surface area contributed by atoms with Gasteiger partial charge >= 0.3 is 6.09 Å². The van der Waals surface area contributed by atoms with Crippen LogP contribution in [0.25, 0.3) is 0 Å². The van der Waals surface area contributed by atoms with E-state index < -0.39 is 5.60 Å². The molecule has 1 aromatic rings. The first-order chi connectivity index (χ1) is 12.4. The first-order valence-corrected chi connectivity index (χ1v) is 9.69. The van der Waals surface area contributed by atoms with Crippen LogP contribution < -0.4 is 0 Å². The van der Waals surface area contributed by atoms with Crippen molar-refractivity contribution in [1.82, 2.24) is 19.6 Å². The summed E-state index contributed by atoms with van der Waals surface area (Å²) in [5.74, 6) is 0.147. The third-order valence-corrected chi connectivity index (χ3v) is 5.58. The van der Waals surface area contributed by atoms with Crippen LogP contribution in [-0.4, -0.2) is 62.9 Å². The highest BCUT2D eigenvalue weighted by atomic mass is 16.6. The maximum absolute atomic E-state index is 12.5. The number of nitrogens with zero attached hydrogens (tertiary/aromatic N) is 4. The Morgan fingerprint density at radius 2 is 2.12 bits per heavy atom. The second-order valence-corrected chi connectivity index (χ2v) is 7.73. The number of likely N-dealkylation sites (tertiary alicyclic amines) is 1. The average molecular weight is 362 g/mol. The van der Waals surface area contributed by atoms with E-state index in [1.165, 1.54) is 0 Å². The highest BCUT2D eigenvalue weighted by molar-refractivity contribution is 5.76. The first-order valence-electron chi connectivity index (χ1n) is 9.69. The molecule has 144 valence electrons. The van der Waals surface area contributed by atoms with Gasteiger partial charge in [-0.05, 0) is 25.8 Å². The van der Waals surface area contributed by atoms with Crippen molar-refractivity contribution in [2.75, 3.05) is 19.6 Å². The van der Waals surface area contributed by atoms with E-state index in [4.69, 9.17) is 4.74 Å². The Morgan fingerprint density at radius 1 is 1.38 bits per heavy atom. The minimum atomic E-state index is -0.408. The molecule has 0 aromatic carbocycles. The number of hydrogen-bond donors (Lipinski definition) is 0.